The van der Waals surface area contributed by atoms with Gasteiger partial charge in [0, 0.05) is 30.4 Å². The van der Waals surface area contributed by atoms with Crippen molar-refractivity contribution in [2.75, 3.05) is 11.9 Å². The van der Waals surface area contributed by atoms with E-state index < -0.39 is 0 Å². The second-order valence-corrected chi connectivity index (χ2v) is 5.17. The van der Waals surface area contributed by atoms with Crippen molar-refractivity contribution in [3.05, 3.63) is 17.4 Å². The number of aryl methyl sites for hydroxylation is 1. The molecule has 16 heavy (non-hydrogen) atoms. The van der Waals surface area contributed by atoms with E-state index >= 15 is 0 Å². The van der Waals surface area contributed by atoms with E-state index in [1.165, 1.54) is 4.88 Å². The molecule has 0 aliphatic rings. The first-order valence-corrected chi connectivity index (χ1v) is 6.75. The van der Waals surface area contributed by atoms with Crippen molar-refractivity contribution in [2.24, 2.45) is 7.05 Å². The van der Waals surface area contributed by atoms with Crippen molar-refractivity contribution in [1.29, 1.82) is 0 Å². The number of rotatable bonds is 5. The molecule has 1 N–H and O–H groups in total. The van der Waals surface area contributed by atoms with Gasteiger partial charge in [0.15, 0.2) is 10.3 Å². The largest absolute Gasteiger partial charge is 0.362 e. The Hall–Kier alpha value is -1.08. The molecule has 0 saturated carbocycles. The average molecular weight is 255 g/mol. The average Bonchev–Trinajstić information content (AvgIpc) is 2.86. The van der Waals surface area contributed by atoms with Gasteiger partial charge < -0.3 is 5.32 Å². The molecule has 0 aromatic carbocycles. The predicted molar refractivity (Wildman–Crippen MR) is 66.8 cm³/mol. The van der Waals surface area contributed by atoms with E-state index in [0.29, 0.717) is 0 Å². The maximum atomic E-state index is 4.28. The number of hydrogen-bond acceptors (Lipinski definition) is 6. The number of nitrogens with one attached hydrogen (secondary N) is 1. The normalized spacial score (nSPS) is 10.6. The summed E-state index contributed by atoms with van der Waals surface area (Å²) < 4.78 is 1.77. The van der Waals surface area contributed by atoms with Crippen molar-refractivity contribution < 1.29 is 0 Å². The van der Waals surface area contributed by atoms with Crippen molar-refractivity contribution in [3.63, 3.8) is 0 Å². The Labute approximate surface area is 102 Å². The van der Waals surface area contributed by atoms with E-state index in [2.05, 4.69) is 27.3 Å². The van der Waals surface area contributed by atoms with Crippen LogP contribution in [0.5, 0.6) is 0 Å². The molecule has 7 heteroatoms. The van der Waals surface area contributed by atoms with E-state index in [-0.39, 0.29) is 0 Å². The van der Waals surface area contributed by atoms with Crippen LogP contribution in [0.3, 0.4) is 0 Å². The van der Waals surface area contributed by atoms with Crippen LogP contribution >= 0.6 is 23.1 Å². The monoisotopic (exact) mass is 255 g/mol. The Morgan fingerprint density at radius 1 is 1.50 bits per heavy atom. The van der Waals surface area contributed by atoms with E-state index in [4.69, 9.17) is 0 Å². The summed E-state index contributed by atoms with van der Waals surface area (Å²) in [7, 11) is 1.89. The summed E-state index contributed by atoms with van der Waals surface area (Å²) in [6.07, 6.45) is 3.48. The third-order valence-electron chi connectivity index (χ3n) is 1.89. The Morgan fingerprint density at radius 2 is 2.38 bits per heavy atom. The summed E-state index contributed by atoms with van der Waals surface area (Å²) in [6, 6.07) is 0. The van der Waals surface area contributed by atoms with Gasteiger partial charge in [0.05, 0.1) is 0 Å². The lowest BCUT2D eigenvalue weighted by Crippen LogP contribution is -1.94. The molecule has 0 amide bonds. The minimum atomic E-state index is 0.885. The molecular formula is C9H13N5S2. The second-order valence-electron chi connectivity index (χ2n) is 3.12. The molecule has 0 unspecified atom stereocenters. The Morgan fingerprint density at radius 3 is 3.06 bits per heavy atom. The molecule has 0 atom stereocenters. The first-order valence-electron chi connectivity index (χ1n) is 4.95. The maximum Gasteiger partial charge on any atom is 0.186 e. The minimum absolute atomic E-state index is 0.885. The molecule has 2 aromatic rings. The van der Waals surface area contributed by atoms with Crippen LogP contribution in [-0.4, -0.2) is 26.3 Å². The van der Waals surface area contributed by atoms with E-state index in [0.717, 1.165) is 22.6 Å². The van der Waals surface area contributed by atoms with Gasteiger partial charge in [0.2, 0.25) is 0 Å². The molecule has 0 saturated heterocycles. The zero-order chi connectivity index (χ0) is 11.4. The topological polar surface area (TPSA) is 55.6 Å². The highest BCUT2D eigenvalue weighted by Gasteiger charge is 2.05. The van der Waals surface area contributed by atoms with Crippen LogP contribution in [0, 0.1) is 0 Å². The van der Waals surface area contributed by atoms with Crippen molar-refractivity contribution in [1.82, 2.24) is 19.7 Å². The summed E-state index contributed by atoms with van der Waals surface area (Å²) in [5.41, 5.74) is 0. The lowest BCUT2D eigenvalue weighted by Gasteiger charge is -1.97. The Balaban J connectivity index is 1.92. The number of thioether (sulfide) groups is 1. The number of hydrogen-bond donors (Lipinski definition) is 1. The number of thiazole rings is 1. The zero-order valence-corrected chi connectivity index (χ0v) is 10.8. The highest BCUT2D eigenvalue weighted by molar-refractivity contribution is 7.98. The molecule has 86 valence electrons. The third kappa shape index (κ3) is 2.73. The molecule has 0 bridgehead atoms. The standard InChI is InChI=1S/C9H13N5S2/c1-3-10-8-11-4-7(16-8)5-15-9-12-6-13-14(9)2/h4,6H,3,5H2,1-2H3,(H,10,11). The van der Waals surface area contributed by atoms with E-state index in [9.17, 15) is 0 Å². The first-order chi connectivity index (χ1) is 7.79. The van der Waals surface area contributed by atoms with E-state index in [1.54, 1.807) is 34.1 Å². The first kappa shape index (κ1) is 11.4. The fraction of sp³-hybridized carbons (Fsp3) is 0.444. The lowest BCUT2D eigenvalue weighted by molar-refractivity contribution is 0.685. The van der Waals surface area contributed by atoms with Gasteiger partial charge in [-0.3, -0.25) is 0 Å². The van der Waals surface area contributed by atoms with Crippen LogP contribution < -0.4 is 5.32 Å². The molecule has 2 rings (SSSR count). The van der Waals surface area contributed by atoms with Crippen LogP contribution in [0.1, 0.15) is 11.8 Å². The van der Waals surface area contributed by atoms with Crippen LogP contribution in [0.4, 0.5) is 5.13 Å². The van der Waals surface area contributed by atoms with Crippen LogP contribution in [-0.2, 0) is 12.8 Å². The summed E-state index contributed by atoms with van der Waals surface area (Å²) in [4.78, 5) is 9.68. The summed E-state index contributed by atoms with van der Waals surface area (Å²) in [6.45, 7) is 2.97. The third-order valence-corrected chi connectivity index (χ3v) is 4.12. The predicted octanol–water partition coefficient (Wildman–Crippen LogP) is 2.00. The summed E-state index contributed by atoms with van der Waals surface area (Å²) in [5, 5.41) is 9.13. The van der Waals surface area contributed by atoms with Gasteiger partial charge in [-0.05, 0) is 6.92 Å². The second kappa shape index (κ2) is 5.31. The SMILES string of the molecule is CCNc1ncc(CSc2ncnn2C)s1. The summed E-state index contributed by atoms with van der Waals surface area (Å²) in [5.74, 6) is 0.885. The fourth-order valence-electron chi connectivity index (χ4n) is 1.16. The van der Waals surface area contributed by atoms with Crippen LogP contribution in [0.25, 0.3) is 0 Å². The van der Waals surface area contributed by atoms with Crippen molar-refractivity contribution in [3.8, 4) is 0 Å². The van der Waals surface area contributed by atoms with Gasteiger partial charge in [-0.1, -0.05) is 11.8 Å². The molecule has 0 aliphatic carbocycles. The van der Waals surface area contributed by atoms with E-state index in [1.807, 2.05) is 13.2 Å². The quantitative estimate of drug-likeness (QED) is 0.828. The molecule has 0 aliphatic heterocycles. The minimum Gasteiger partial charge on any atom is -0.362 e. The molecule has 2 heterocycles. The maximum absolute atomic E-state index is 4.28. The molecule has 0 fully saturated rings. The number of nitrogens with zero attached hydrogens (tertiary/aromatic N) is 4. The molecule has 2 aromatic heterocycles. The molecule has 0 spiro atoms. The van der Waals surface area contributed by atoms with Crippen molar-refractivity contribution in [2.45, 2.75) is 17.8 Å². The highest BCUT2D eigenvalue weighted by Crippen LogP contribution is 2.25. The lowest BCUT2D eigenvalue weighted by atomic mass is 10.6. The highest BCUT2D eigenvalue weighted by atomic mass is 32.2. The number of aromatic nitrogens is 4. The van der Waals surface area contributed by atoms with Crippen molar-refractivity contribution >= 4 is 28.2 Å². The van der Waals surface area contributed by atoms with Gasteiger partial charge in [0.25, 0.3) is 0 Å². The van der Waals surface area contributed by atoms with Gasteiger partial charge in [0.1, 0.15) is 6.33 Å². The Bertz CT molecular complexity index is 450. The fourth-order valence-corrected chi connectivity index (χ4v) is 2.95. The Kier molecular flexibility index (Phi) is 3.79. The molecular weight excluding hydrogens is 242 g/mol. The van der Waals surface area contributed by atoms with Crippen LogP contribution in [0.2, 0.25) is 0 Å². The zero-order valence-electron chi connectivity index (χ0n) is 9.17. The van der Waals surface area contributed by atoms with Gasteiger partial charge in [-0.25, -0.2) is 14.6 Å². The van der Waals surface area contributed by atoms with Crippen LogP contribution in [0.15, 0.2) is 17.7 Å². The van der Waals surface area contributed by atoms with Gasteiger partial charge in [-0.15, -0.1) is 11.3 Å². The smallest absolute Gasteiger partial charge is 0.186 e. The molecule has 0 radical (unpaired) electrons. The molecule has 5 nitrogen and oxygen atoms in total. The van der Waals surface area contributed by atoms with Gasteiger partial charge in [-0.2, -0.15) is 5.10 Å². The summed E-state index contributed by atoms with van der Waals surface area (Å²) >= 11 is 3.35. The number of anilines is 1. The van der Waals surface area contributed by atoms with Gasteiger partial charge >= 0.3 is 0 Å².